The van der Waals surface area contributed by atoms with E-state index in [1.165, 1.54) is 6.42 Å². The molecule has 1 aromatic carbocycles. The summed E-state index contributed by atoms with van der Waals surface area (Å²) in [5.41, 5.74) is 6.97. The molecule has 1 heterocycles. The van der Waals surface area contributed by atoms with Crippen molar-refractivity contribution in [2.75, 3.05) is 13.1 Å². The van der Waals surface area contributed by atoms with E-state index in [9.17, 15) is 4.79 Å². The van der Waals surface area contributed by atoms with Crippen LogP contribution in [-0.2, 0) is 11.3 Å². The number of nitrogens with two attached hydrogens (primary N) is 1. The lowest BCUT2D eigenvalue weighted by atomic mass is 9.97. The largest absolute Gasteiger partial charge is 0.351 e. The van der Waals surface area contributed by atoms with Crippen molar-refractivity contribution < 1.29 is 4.79 Å². The zero-order valence-corrected chi connectivity index (χ0v) is 13.3. The van der Waals surface area contributed by atoms with Gasteiger partial charge in [0, 0.05) is 23.7 Å². The predicted molar refractivity (Wildman–Crippen MR) is 86.2 cm³/mol. The molecule has 2 rings (SSSR count). The molecule has 21 heavy (non-hydrogen) atoms. The van der Waals surface area contributed by atoms with Crippen LogP contribution < -0.4 is 11.1 Å². The molecule has 2 atom stereocenters. The third-order valence-corrected chi connectivity index (χ3v) is 4.42. The summed E-state index contributed by atoms with van der Waals surface area (Å²) in [5, 5.41) is 3.63. The van der Waals surface area contributed by atoms with Gasteiger partial charge in [0.25, 0.3) is 0 Å². The molecule has 0 bridgehead atoms. The highest BCUT2D eigenvalue weighted by atomic mass is 35.5. The molecule has 1 aliphatic rings. The average molecular weight is 310 g/mol. The van der Waals surface area contributed by atoms with E-state index in [-0.39, 0.29) is 11.9 Å². The summed E-state index contributed by atoms with van der Waals surface area (Å²) in [7, 11) is 0. The van der Waals surface area contributed by atoms with E-state index < -0.39 is 0 Å². The molecule has 1 saturated heterocycles. The molecule has 5 heteroatoms. The Hall–Kier alpha value is -1.10. The highest BCUT2D eigenvalue weighted by molar-refractivity contribution is 6.31. The number of carbonyl (C=O) groups excluding carboxylic acids is 1. The number of piperidine rings is 1. The fraction of sp³-hybridized carbons (Fsp3) is 0.562. The van der Waals surface area contributed by atoms with E-state index in [1.807, 2.05) is 31.2 Å². The number of amides is 1. The molecule has 1 aliphatic heterocycles. The van der Waals surface area contributed by atoms with Crippen LogP contribution >= 0.6 is 11.6 Å². The van der Waals surface area contributed by atoms with Gasteiger partial charge in [0.1, 0.15) is 0 Å². The monoisotopic (exact) mass is 309 g/mol. The first kappa shape index (κ1) is 16.3. The van der Waals surface area contributed by atoms with Crippen LogP contribution in [0.3, 0.4) is 0 Å². The summed E-state index contributed by atoms with van der Waals surface area (Å²) in [6.45, 7) is 3.85. The summed E-state index contributed by atoms with van der Waals surface area (Å²) in [4.78, 5) is 14.3. The lowest BCUT2D eigenvalue weighted by molar-refractivity contribution is -0.123. The number of rotatable bonds is 5. The molecule has 1 fully saturated rings. The van der Waals surface area contributed by atoms with Crippen LogP contribution in [0.2, 0.25) is 5.02 Å². The van der Waals surface area contributed by atoms with E-state index in [1.54, 1.807) is 0 Å². The minimum atomic E-state index is 0.0301. The normalized spacial score (nSPS) is 21.0. The number of halogens is 1. The molecular weight excluding hydrogens is 286 g/mol. The van der Waals surface area contributed by atoms with E-state index in [2.05, 4.69) is 10.2 Å². The lowest BCUT2D eigenvalue weighted by Gasteiger charge is -2.37. The van der Waals surface area contributed by atoms with Crippen molar-refractivity contribution in [3.05, 3.63) is 34.9 Å². The quantitative estimate of drug-likeness (QED) is 0.876. The van der Waals surface area contributed by atoms with Crippen LogP contribution in [0.15, 0.2) is 24.3 Å². The number of carbonyl (C=O) groups is 1. The zero-order chi connectivity index (χ0) is 15.2. The SMILES string of the molecule is CC(N)C1CCCCN1CC(=O)NCc1ccccc1Cl. The molecule has 2 unspecified atom stereocenters. The first-order chi connectivity index (χ1) is 10.1. The van der Waals surface area contributed by atoms with Gasteiger partial charge in [-0.1, -0.05) is 36.2 Å². The van der Waals surface area contributed by atoms with Crippen LogP contribution in [0, 0.1) is 0 Å². The van der Waals surface area contributed by atoms with Gasteiger partial charge in [-0.15, -0.1) is 0 Å². The fourth-order valence-electron chi connectivity index (χ4n) is 2.88. The lowest BCUT2D eigenvalue weighted by Crippen LogP contribution is -2.52. The minimum absolute atomic E-state index is 0.0301. The van der Waals surface area contributed by atoms with Crippen LogP contribution in [0.25, 0.3) is 0 Å². The van der Waals surface area contributed by atoms with Gasteiger partial charge in [-0.25, -0.2) is 0 Å². The number of likely N-dealkylation sites (tertiary alicyclic amines) is 1. The number of hydrogen-bond donors (Lipinski definition) is 2. The molecule has 0 radical (unpaired) electrons. The van der Waals surface area contributed by atoms with E-state index in [0.717, 1.165) is 24.9 Å². The van der Waals surface area contributed by atoms with Crippen LogP contribution in [0.4, 0.5) is 0 Å². The molecule has 0 aromatic heterocycles. The maximum Gasteiger partial charge on any atom is 0.234 e. The third-order valence-electron chi connectivity index (χ3n) is 4.05. The van der Waals surface area contributed by atoms with Crippen LogP contribution in [0.5, 0.6) is 0 Å². The molecule has 0 saturated carbocycles. The molecule has 1 amide bonds. The maximum absolute atomic E-state index is 12.1. The predicted octanol–water partition coefficient (Wildman–Crippen LogP) is 2.16. The van der Waals surface area contributed by atoms with Gasteiger partial charge >= 0.3 is 0 Å². The number of nitrogens with zero attached hydrogens (tertiary/aromatic N) is 1. The Kier molecular flexibility index (Phi) is 6.03. The summed E-state index contributed by atoms with van der Waals surface area (Å²) in [6.07, 6.45) is 3.42. The molecule has 3 N–H and O–H groups in total. The second-order valence-electron chi connectivity index (χ2n) is 5.76. The summed E-state index contributed by atoms with van der Waals surface area (Å²) in [6, 6.07) is 7.97. The van der Waals surface area contributed by atoms with Gasteiger partial charge < -0.3 is 11.1 Å². The molecule has 1 aromatic rings. The van der Waals surface area contributed by atoms with Crippen molar-refractivity contribution in [3.8, 4) is 0 Å². The smallest absolute Gasteiger partial charge is 0.234 e. The Balaban J connectivity index is 1.85. The second kappa shape index (κ2) is 7.78. The Morgan fingerprint density at radius 3 is 2.95 bits per heavy atom. The van der Waals surface area contributed by atoms with Gasteiger partial charge in [-0.3, -0.25) is 9.69 Å². The standard InChI is InChI=1S/C16H24ClN3O/c1-12(18)15-8-4-5-9-20(15)11-16(21)19-10-13-6-2-3-7-14(13)17/h2-3,6-7,12,15H,4-5,8-11,18H2,1H3,(H,19,21). The number of benzene rings is 1. The Morgan fingerprint density at radius 2 is 2.24 bits per heavy atom. The number of hydrogen-bond acceptors (Lipinski definition) is 3. The summed E-state index contributed by atoms with van der Waals surface area (Å²) in [5.74, 6) is 0.0301. The summed E-state index contributed by atoms with van der Waals surface area (Å²) < 4.78 is 0. The van der Waals surface area contributed by atoms with Crippen molar-refractivity contribution in [1.29, 1.82) is 0 Å². The highest BCUT2D eigenvalue weighted by Gasteiger charge is 2.26. The van der Waals surface area contributed by atoms with Crippen molar-refractivity contribution in [2.24, 2.45) is 5.73 Å². The maximum atomic E-state index is 12.1. The van der Waals surface area contributed by atoms with Gasteiger partial charge in [-0.05, 0) is 37.9 Å². The Morgan fingerprint density at radius 1 is 1.48 bits per heavy atom. The van der Waals surface area contributed by atoms with Crippen molar-refractivity contribution in [3.63, 3.8) is 0 Å². The summed E-state index contributed by atoms with van der Waals surface area (Å²) >= 11 is 6.09. The van der Waals surface area contributed by atoms with E-state index >= 15 is 0 Å². The first-order valence-electron chi connectivity index (χ1n) is 7.57. The zero-order valence-electron chi connectivity index (χ0n) is 12.5. The molecule has 4 nitrogen and oxygen atoms in total. The average Bonchev–Trinajstić information content (AvgIpc) is 2.47. The molecule has 116 valence electrons. The first-order valence-corrected chi connectivity index (χ1v) is 7.95. The molecular formula is C16H24ClN3O. The topological polar surface area (TPSA) is 58.4 Å². The van der Waals surface area contributed by atoms with Crippen molar-refractivity contribution in [1.82, 2.24) is 10.2 Å². The van der Waals surface area contributed by atoms with Crippen LogP contribution in [0.1, 0.15) is 31.7 Å². The van der Waals surface area contributed by atoms with Crippen molar-refractivity contribution in [2.45, 2.75) is 44.8 Å². The molecule has 0 spiro atoms. The number of nitrogens with one attached hydrogen (secondary N) is 1. The fourth-order valence-corrected chi connectivity index (χ4v) is 3.09. The molecule has 0 aliphatic carbocycles. The third kappa shape index (κ3) is 4.70. The van der Waals surface area contributed by atoms with Crippen LogP contribution in [-0.4, -0.2) is 36.0 Å². The van der Waals surface area contributed by atoms with Crippen molar-refractivity contribution >= 4 is 17.5 Å². The van der Waals surface area contributed by atoms with E-state index in [0.29, 0.717) is 24.2 Å². The second-order valence-corrected chi connectivity index (χ2v) is 6.17. The van der Waals surface area contributed by atoms with Gasteiger partial charge in [-0.2, -0.15) is 0 Å². The van der Waals surface area contributed by atoms with Gasteiger partial charge in [0.2, 0.25) is 5.91 Å². The minimum Gasteiger partial charge on any atom is -0.351 e. The van der Waals surface area contributed by atoms with Gasteiger partial charge in [0.15, 0.2) is 0 Å². The van der Waals surface area contributed by atoms with E-state index in [4.69, 9.17) is 17.3 Å². The Labute approximate surface area is 131 Å². The van der Waals surface area contributed by atoms with Gasteiger partial charge in [0.05, 0.1) is 6.54 Å². The highest BCUT2D eigenvalue weighted by Crippen LogP contribution is 2.18. The Bertz CT molecular complexity index is 478.